The van der Waals surface area contributed by atoms with Crippen LogP contribution in [0.2, 0.25) is 0 Å². The van der Waals surface area contributed by atoms with Gasteiger partial charge in [0.25, 0.3) is 5.91 Å². The van der Waals surface area contributed by atoms with E-state index in [9.17, 15) is 9.59 Å². The van der Waals surface area contributed by atoms with Crippen molar-refractivity contribution in [2.45, 2.75) is 18.9 Å². The maximum absolute atomic E-state index is 13.0. The first-order valence-corrected chi connectivity index (χ1v) is 9.22. The highest BCUT2D eigenvalue weighted by atomic mass is 35.5. The van der Waals surface area contributed by atoms with Crippen LogP contribution in [0.3, 0.4) is 0 Å². The van der Waals surface area contributed by atoms with Gasteiger partial charge in [-0.15, -0.1) is 28.8 Å². The van der Waals surface area contributed by atoms with Crippen molar-refractivity contribution in [1.29, 1.82) is 0 Å². The molecule has 2 saturated heterocycles. The average Bonchev–Trinajstić information content (AvgIpc) is 3.33. The normalized spacial score (nSPS) is 20.8. The van der Waals surface area contributed by atoms with Gasteiger partial charge in [0, 0.05) is 32.2 Å². The second-order valence-electron chi connectivity index (χ2n) is 6.20. The van der Waals surface area contributed by atoms with Crippen LogP contribution in [-0.4, -0.2) is 80.6 Å². The number of amides is 2. The van der Waals surface area contributed by atoms with Gasteiger partial charge in [-0.05, 0) is 34.7 Å². The van der Waals surface area contributed by atoms with E-state index < -0.39 is 0 Å². The third-order valence-corrected chi connectivity index (χ3v) is 5.58. The number of piperazine rings is 1. The average molecular weight is 398 g/mol. The fourth-order valence-electron chi connectivity index (χ4n) is 3.46. The number of hydrogen-bond donors (Lipinski definition) is 1. The molecule has 0 aliphatic carbocycles. The van der Waals surface area contributed by atoms with Crippen molar-refractivity contribution in [3.8, 4) is 5.69 Å². The smallest absolute Gasteiger partial charge is 0.266 e. The van der Waals surface area contributed by atoms with Crippen molar-refractivity contribution in [3.63, 3.8) is 0 Å². The zero-order valence-electron chi connectivity index (χ0n) is 14.1. The minimum atomic E-state index is -0.0206. The number of carbonyl (C=O) groups excluding carboxylic acids is 2. The largest absolute Gasteiger partial charge is 0.336 e. The standard InChI is InChI=1S/C15H19N7O2S.ClH/c23-13-8-16-4-6-21(13)11-2-1-5-20(9-11)15(24)14-12(3-7-25-14)22-10-17-18-19-22;/h3,7,10-11,16H,1-2,4-6,8-9H2;1H. The lowest BCUT2D eigenvalue weighted by Gasteiger charge is -2.41. The van der Waals surface area contributed by atoms with Gasteiger partial charge in [0.1, 0.15) is 11.2 Å². The summed E-state index contributed by atoms with van der Waals surface area (Å²) >= 11 is 1.39. The molecule has 2 aromatic rings. The molecule has 1 unspecified atom stereocenters. The van der Waals surface area contributed by atoms with Crippen LogP contribution in [0.15, 0.2) is 17.8 Å². The maximum Gasteiger partial charge on any atom is 0.266 e. The first kappa shape index (κ1) is 18.7. The molecule has 0 saturated carbocycles. The molecule has 1 N–H and O–H groups in total. The van der Waals surface area contributed by atoms with Gasteiger partial charge in [-0.2, -0.15) is 4.68 Å². The zero-order valence-corrected chi connectivity index (χ0v) is 15.7. The minimum absolute atomic E-state index is 0. The van der Waals surface area contributed by atoms with Crippen LogP contribution in [0.5, 0.6) is 0 Å². The van der Waals surface area contributed by atoms with Crippen LogP contribution in [-0.2, 0) is 4.79 Å². The molecular weight excluding hydrogens is 378 g/mol. The summed E-state index contributed by atoms with van der Waals surface area (Å²) in [7, 11) is 0. The quantitative estimate of drug-likeness (QED) is 0.793. The predicted molar refractivity (Wildman–Crippen MR) is 97.8 cm³/mol. The van der Waals surface area contributed by atoms with Crippen LogP contribution in [0.25, 0.3) is 5.69 Å². The van der Waals surface area contributed by atoms with Gasteiger partial charge >= 0.3 is 0 Å². The number of nitrogens with one attached hydrogen (secondary N) is 1. The lowest BCUT2D eigenvalue weighted by atomic mass is 10.0. The van der Waals surface area contributed by atoms with Crippen LogP contribution >= 0.6 is 23.7 Å². The van der Waals surface area contributed by atoms with E-state index in [2.05, 4.69) is 20.8 Å². The van der Waals surface area contributed by atoms with Crippen molar-refractivity contribution >= 4 is 35.6 Å². The Bertz CT molecular complexity index is 766. The highest BCUT2D eigenvalue weighted by molar-refractivity contribution is 7.12. The topological polar surface area (TPSA) is 96.2 Å². The minimum Gasteiger partial charge on any atom is -0.336 e. The van der Waals surface area contributed by atoms with Crippen LogP contribution in [0.1, 0.15) is 22.5 Å². The molecule has 140 valence electrons. The van der Waals surface area contributed by atoms with Gasteiger partial charge in [0.15, 0.2) is 0 Å². The third kappa shape index (κ3) is 3.57. The molecule has 1 atom stereocenters. The lowest BCUT2D eigenvalue weighted by molar-refractivity contribution is -0.135. The molecule has 4 heterocycles. The second-order valence-corrected chi connectivity index (χ2v) is 7.12. The van der Waals surface area contributed by atoms with Crippen molar-refractivity contribution in [2.24, 2.45) is 0 Å². The lowest BCUT2D eigenvalue weighted by Crippen LogP contribution is -2.57. The summed E-state index contributed by atoms with van der Waals surface area (Å²) in [6.07, 6.45) is 3.33. The number of aromatic nitrogens is 4. The SMILES string of the molecule is Cl.O=C(c1sccc1-n1cnnn1)N1CCCC(N2CCNCC2=O)C1. The van der Waals surface area contributed by atoms with Gasteiger partial charge in [-0.1, -0.05) is 0 Å². The third-order valence-electron chi connectivity index (χ3n) is 4.69. The summed E-state index contributed by atoms with van der Waals surface area (Å²) < 4.78 is 1.50. The monoisotopic (exact) mass is 397 g/mol. The number of rotatable bonds is 3. The van der Waals surface area contributed by atoms with E-state index >= 15 is 0 Å². The number of tetrazole rings is 1. The number of thiophene rings is 1. The Labute approximate surface area is 160 Å². The Kier molecular flexibility index (Phi) is 5.84. The fourth-order valence-corrected chi connectivity index (χ4v) is 4.30. The molecule has 2 aliphatic heterocycles. The van der Waals surface area contributed by atoms with Crippen molar-refractivity contribution in [2.75, 3.05) is 32.7 Å². The van der Waals surface area contributed by atoms with Crippen molar-refractivity contribution in [1.82, 2.24) is 35.3 Å². The number of carbonyl (C=O) groups is 2. The predicted octanol–water partition coefficient (Wildman–Crippen LogP) is 0.182. The summed E-state index contributed by atoms with van der Waals surface area (Å²) in [6, 6.07) is 1.94. The van der Waals surface area contributed by atoms with Gasteiger partial charge in [-0.3, -0.25) is 9.59 Å². The van der Waals surface area contributed by atoms with Crippen molar-refractivity contribution in [3.05, 3.63) is 22.7 Å². The van der Waals surface area contributed by atoms with Gasteiger partial charge in [0.2, 0.25) is 5.91 Å². The molecular formula is C15H20ClN7O2S. The molecule has 0 bridgehead atoms. The molecule has 0 radical (unpaired) electrons. The zero-order chi connectivity index (χ0) is 17.2. The van der Waals surface area contributed by atoms with Crippen molar-refractivity contribution < 1.29 is 9.59 Å². The maximum atomic E-state index is 13.0. The van der Waals surface area contributed by atoms with Gasteiger partial charge in [0.05, 0.1) is 12.2 Å². The number of likely N-dealkylation sites (tertiary alicyclic amines) is 1. The summed E-state index contributed by atoms with van der Waals surface area (Å²) in [6.45, 7) is 3.20. The Morgan fingerprint density at radius 3 is 3.00 bits per heavy atom. The molecule has 2 fully saturated rings. The molecule has 2 aromatic heterocycles. The summed E-state index contributed by atoms with van der Waals surface area (Å²) in [5.74, 6) is 0.101. The van der Waals surface area contributed by atoms with E-state index in [1.54, 1.807) is 0 Å². The van der Waals surface area contributed by atoms with Crippen LogP contribution < -0.4 is 5.32 Å². The molecule has 0 spiro atoms. The second kappa shape index (κ2) is 8.11. The number of nitrogens with zero attached hydrogens (tertiary/aromatic N) is 6. The van der Waals surface area contributed by atoms with E-state index in [4.69, 9.17) is 0 Å². The molecule has 2 amide bonds. The molecule has 11 heteroatoms. The Balaban J connectivity index is 0.00000196. The fraction of sp³-hybridized carbons (Fsp3) is 0.533. The Hall–Kier alpha value is -2.04. The summed E-state index contributed by atoms with van der Waals surface area (Å²) in [4.78, 5) is 29.6. The number of hydrogen-bond acceptors (Lipinski definition) is 7. The van der Waals surface area contributed by atoms with E-state index in [0.29, 0.717) is 36.7 Å². The van der Waals surface area contributed by atoms with Crippen LogP contribution in [0.4, 0.5) is 0 Å². The number of piperidine rings is 1. The summed E-state index contributed by atoms with van der Waals surface area (Å²) in [5, 5.41) is 16.1. The van der Waals surface area contributed by atoms with Crippen LogP contribution in [0, 0.1) is 0 Å². The molecule has 9 nitrogen and oxygen atoms in total. The Morgan fingerprint density at radius 2 is 2.23 bits per heavy atom. The first-order valence-electron chi connectivity index (χ1n) is 8.34. The number of halogens is 1. The Morgan fingerprint density at radius 1 is 1.35 bits per heavy atom. The molecule has 26 heavy (non-hydrogen) atoms. The summed E-state index contributed by atoms with van der Waals surface area (Å²) in [5.41, 5.74) is 0.695. The molecule has 4 rings (SSSR count). The van der Waals surface area contributed by atoms with E-state index in [1.807, 2.05) is 21.2 Å². The molecule has 2 aliphatic rings. The highest BCUT2D eigenvalue weighted by Gasteiger charge is 2.33. The van der Waals surface area contributed by atoms with Gasteiger partial charge < -0.3 is 15.1 Å². The molecule has 0 aromatic carbocycles. The highest BCUT2D eigenvalue weighted by Crippen LogP contribution is 2.25. The van der Waals surface area contributed by atoms with Gasteiger partial charge in [-0.25, -0.2) is 0 Å². The van der Waals surface area contributed by atoms with E-state index in [1.165, 1.54) is 22.3 Å². The van der Waals surface area contributed by atoms with E-state index in [0.717, 1.165) is 19.4 Å². The first-order chi connectivity index (χ1) is 12.2. The van der Waals surface area contributed by atoms with E-state index in [-0.39, 0.29) is 30.3 Å².